The molecule has 8 aromatic rings. The fraction of sp³-hybridized carbons (Fsp3) is 0. The minimum Gasteiger partial charge on any atom is -0.456 e. The summed E-state index contributed by atoms with van der Waals surface area (Å²) >= 11 is 2.42. The van der Waals surface area contributed by atoms with Crippen molar-refractivity contribution in [3.05, 3.63) is 103 Å². The molecule has 0 aliphatic carbocycles. The van der Waals surface area contributed by atoms with E-state index in [1.165, 1.54) is 43.6 Å². The summed E-state index contributed by atoms with van der Waals surface area (Å²) in [5.74, 6) is 0. The van der Waals surface area contributed by atoms with E-state index < -0.39 is 0 Å². The largest absolute Gasteiger partial charge is 0.456 e. The van der Waals surface area contributed by atoms with Gasteiger partial charge in [-0.2, -0.15) is 0 Å². The number of para-hydroxylation sites is 3. The molecule has 34 heavy (non-hydrogen) atoms. The summed E-state index contributed by atoms with van der Waals surface area (Å²) in [6.07, 6.45) is 0. The lowest BCUT2D eigenvalue weighted by Crippen LogP contribution is -1.93. The second kappa shape index (κ2) is 6.64. The number of furan rings is 1. The lowest BCUT2D eigenvalue weighted by atomic mass is 10.1. The number of fused-ring (bicyclic) bond motifs is 10. The van der Waals surface area contributed by atoms with E-state index in [-0.39, 0.29) is 0 Å². The number of hydrogen-bond acceptors (Lipinski definition) is 1. The molecule has 160 valence electrons. The fourth-order valence-electron chi connectivity index (χ4n) is 5.60. The zero-order valence-corrected chi connectivity index (χ0v) is 20.2. The van der Waals surface area contributed by atoms with Gasteiger partial charge in [0.2, 0.25) is 0 Å². The van der Waals surface area contributed by atoms with Crippen molar-refractivity contribution < 1.29 is 4.42 Å². The Morgan fingerprint density at radius 3 is 1.97 bits per heavy atom. The van der Waals surface area contributed by atoms with Crippen LogP contribution in [0.15, 0.2) is 108 Å². The second-order valence-electron chi connectivity index (χ2n) is 8.78. The van der Waals surface area contributed by atoms with Crippen molar-refractivity contribution in [3.8, 4) is 5.69 Å². The molecule has 4 heteroatoms. The maximum Gasteiger partial charge on any atom is 0.137 e. The van der Waals surface area contributed by atoms with Crippen molar-refractivity contribution in [2.75, 3.05) is 0 Å². The Balaban J connectivity index is 1.54. The molecule has 0 spiro atoms. The Hall–Kier alpha value is -3.77. The Morgan fingerprint density at radius 1 is 0.500 bits per heavy atom. The van der Waals surface area contributed by atoms with E-state index in [4.69, 9.17) is 4.42 Å². The Bertz CT molecular complexity index is 2090. The maximum absolute atomic E-state index is 6.23. The molecular formula is C30H17IN2O. The van der Waals surface area contributed by atoms with E-state index in [0.29, 0.717) is 0 Å². The lowest BCUT2D eigenvalue weighted by molar-refractivity contribution is 0.668. The zero-order valence-electron chi connectivity index (χ0n) is 18.0. The highest BCUT2D eigenvalue weighted by Gasteiger charge is 2.19. The number of halogens is 1. The SMILES string of the molecule is In1c2ccccc2c2c3c4ccccc4n(-c4ccc5c(c4)oc4ccccc45)c3ccc21. The molecule has 5 aromatic carbocycles. The van der Waals surface area contributed by atoms with E-state index in [9.17, 15) is 0 Å². The molecule has 3 heterocycles. The third kappa shape index (κ3) is 2.31. The van der Waals surface area contributed by atoms with Crippen molar-refractivity contribution in [1.82, 2.24) is 7.35 Å². The Kier molecular flexibility index (Phi) is 3.64. The Morgan fingerprint density at radius 2 is 1.12 bits per heavy atom. The smallest absolute Gasteiger partial charge is 0.137 e. The summed E-state index contributed by atoms with van der Waals surface area (Å²) in [7, 11) is 0. The van der Waals surface area contributed by atoms with Crippen LogP contribution in [-0.2, 0) is 0 Å². The quantitative estimate of drug-likeness (QED) is 0.188. The van der Waals surface area contributed by atoms with Gasteiger partial charge in [-0.3, -0.25) is 2.78 Å². The highest BCUT2D eigenvalue weighted by molar-refractivity contribution is 14.1. The molecule has 0 aliphatic heterocycles. The average molecular weight is 548 g/mol. The minimum atomic E-state index is 0.912. The van der Waals surface area contributed by atoms with Crippen LogP contribution < -0.4 is 0 Å². The van der Waals surface area contributed by atoms with Gasteiger partial charge >= 0.3 is 0 Å². The molecule has 0 N–H and O–H groups in total. The monoisotopic (exact) mass is 548 g/mol. The number of benzene rings is 5. The van der Waals surface area contributed by atoms with Crippen molar-refractivity contribution in [2.24, 2.45) is 0 Å². The summed E-state index contributed by atoms with van der Waals surface area (Å²) in [5.41, 5.74) is 7.83. The molecule has 0 saturated carbocycles. The van der Waals surface area contributed by atoms with Gasteiger partial charge in [0.15, 0.2) is 0 Å². The van der Waals surface area contributed by atoms with Crippen LogP contribution in [0, 0.1) is 0 Å². The van der Waals surface area contributed by atoms with E-state index in [0.717, 1.165) is 27.6 Å². The van der Waals surface area contributed by atoms with Gasteiger partial charge in [-0.25, -0.2) is 0 Å². The first-order valence-corrected chi connectivity index (χ1v) is 12.3. The first-order chi connectivity index (χ1) is 16.8. The van der Waals surface area contributed by atoms with Gasteiger partial charge in [-0.1, -0.05) is 54.6 Å². The molecule has 8 rings (SSSR count). The third-order valence-electron chi connectivity index (χ3n) is 7.03. The third-order valence-corrected chi connectivity index (χ3v) is 8.07. The number of aromatic nitrogens is 2. The number of rotatable bonds is 1. The molecule has 0 aliphatic rings. The number of nitrogens with zero attached hydrogens (tertiary/aromatic N) is 2. The highest BCUT2D eigenvalue weighted by atomic mass is 127. The van der Waals surface area contributed by atoms with Gasteiger partial charge in [-0.05, 0) is 42.5 Å². The maximum atomic E-state index is 6.23. The van der Waals surface area contributed by atoms with Crippen molar-refractivity contribution in [3.63, 3.8) is 0 Å². The molecule has 0 fully saturated rings. The molecule has 0 atom stereocenters. The predicted octanol–water partition coefficient (Wildman–Crippen LogP) is 8.99. The van der Waals surface area contributed by atoms with Crippen LogP contribution in [0.4, 0.5) is 0 Å². The summed E-state index contributed by atoms with van der Waals surface area (Å²) in [4.78, 5) is 0. The van der Waals surface area contributed by atoms with Gasteiger partial charge in [0.05, 0.1) is 44.9 Å². The molecule has 0 saturated heterocycles. The highest BCUT2D eigenvalue weighted by Crippen LogP contribution is 2.42. The molecule has 0 bridgehead atoms. The molecule has 3 nitrogen and oxygen atoms in total. The predicted molar refractivity (Wildman–Crippen MR) is 150 cm³/mol. The lowest BCUT2D eigenvalue weighted by Gasteiger charge is -2.08. The normalized spacial score (nSPS) is 12.3. The van der Waals surface area contributed by atoms with Gasteiger partial charge in [0.25, 0.3) is 0 Å². The van der Waals surface area contributed by atoms with Gasteiger partial charge in [0.1, 0.15) is 11.2 Å². The first-order valence-electron chi connectivity index (χ1n) is 11.3. The summed E-state index contributed by atoms with van der Waals surface area (Å²) in [5, 5.41) is 7.46. The molecule has 0 amide bonds. The van der Waals surface area contributed by atoms with Crippen molar-refractivity contribution in [2.45, 2.75) is 0 Å². The number of hydrogen-bond donors (Lipinski definition) is 0. The summed E-state index contributed by atoms with van der Waals surface area (Å²) in [6.45, 7) is 0. The van der Waals surface area contributed by atoms with E-state index >= 15 is 0 Å². The Labute approximate surface area is 208 Å². The molecular weight excluding hydrogens is 531 g/mol. The van der Waals surface area contributed by atoms with Crippen LogP contribution in [0.25, 0.3) is 71.2 Å². The van der Waals surface area contributed by atoms with Crippen LogP contribution in [0.5, 0.6) is 0 Å². The molecule has 0 unspecified atom stereocenters. The molecule has 0 radical (unpaired) electrons. The van der Waals surface area contributed by atoms with E-state index in [1.54, 1.807) is 0 Å². The van der Waals surface area contributed by atoms with Crippen molar-refractivity contribution in [1.29, 1.82) is 0 Å². The fourth-order valence-corrected chi connectivity index (χ4v) is 6.43. The first kappa shape index (κ1) is 18.6. The molecule has 3 aromatic heterocycles. The van der Waals surface area contributed by atoms with Crippen LogP contribution in [0.1, 0.15) is 0 Å². The zero-order chi connectivity index (χ0) is 22.4. The summed E-state index contributed by atoms with van der Waals surface area (Å²) < 4.78 is 10.9. The van der Waals surface area contributed by atoms with Crippen LogP contribution in [-0.4, -0.2) is 7.35 Å². The van der Waals surface area contributed by atoms with Gasteiger partial charge < -0.3 is 8.98 Å². The van der Waals surface area contributed by atoms with Crippen LogP contribution >= 0.6 is 22.9 Å². The van der Waals surface area contributed by atoms with Gasteiger partial charge in [-0.15, -0.1) is 0 Å². The average Bonchev–Trinajstić information content (AvgIpc) is 3.51. The van der Waals surface area contributed by atoms with Crippen LogP contribution in [0.2, 0.25) is 0 Å². The topological polar surface area (TPSA) is 23.0 Å². The minimum absolute atomic E-state index is 0.912. The summed E-state index contributed by atoms with van der Waals surface area (Å²) in [6, 6.07) is 36.7. The van der Waals surface area contributed by atoms with E-state index in [1.807, 2.05) is 12.1 Å². The second-order valence-corrected chi connectivity index (χ2v) is 9.75. The van der Waals surface area contributed by atoms with E-state index in [2.05, 4.69) is 121 Å². The van der Waals surface area contributed by atoms with Gasteiger partial charge in [0, 0.05) is 44.1 Å². The van der Waals surface area contributed by atoms with Crippen LogP contribution in [0.3, 0.4) is 0 Å². The van der Waals surface area contributed by atoms with Crippen molar-refractivity contribution >= 4 is 88.4 Å². The standard InChI is InChI=1S/C30H17IN2O/c31-33-24-11-5-2-9-22(24)30-26(33)16-15-25-29(30)21-8-1-4-10-23(21)32(25)18-13-14-20-19-7-3-6-12-27(19)34-28(20)17-18/h1-17H.